The van der Waals surface area contributed by atoms with Gasteiger partial charge in [0.25, 0.3) is 0 Å². The van der Waals surface area contributed by atoms with E-state index >= 15 is 0 Å². The molecule has 1 rings (SSSR count). The first-order valence-corrected chi connectivity index (χ1v) is 5.23. The third kappa shape index (κ3) is 2.67. The summed E-state index contributed by atoms with van der Waals surface area (Å²) in [6.07, 6.45) is 0. The number of aliphatic hydroxyl groups excluding tert-OH is 1. The Morgan fingerprint density at radius 2 is 1.94 bits per heavy atom. The second-order valence-electron chi connectivity index (χ2n) is 3.92. The van der Waals surface area contributed by atoms with E-state index in [4.69, 9.17) is 16.0 Å². The lowest BCUT2D eigenvalue weighted by atomic mass is 10.1. The van der Waals surface area contributed by atoms with Gasteiger partial charge < -0.3 is 20.9 Å². The standard InChI is InChI=1S/C11H15F2N3O2/c1-6(5-17)16(2)10-8(12)3-7(4-9(10)13)11(14)15-18/h3-4,6,17-18H,5H2,1-2H3,(H2,14,15). The van der Waals surface area contributed by atoms with Crippen LogP contribution in [-0.4, -0.2) is 35.8 Å². The van der Waals surface area contributed by atoms with Crippen molar-refractivity contribution in [2.24, 2.45) is 10.9 Å². The minimum atomic E-state index is -0.848. The molecule has 0 radical (unpaired) electrons. The molecule has 0 aliphatic heterocycles. The molecule has 4 N–H and O–H groups in total. The number of halogens is 2. The van der Waals surface area contributed by atoms with Gasteiger partial charge in [-0.15, -0.1) is 0 Å². The van der Waals surface area contributed by atoms with E-state index in [-0.39, 0.29) is 23.7 Å². The minimum absolute atomic E-state index is 0.0544. The Bertz CT molecular complexity index is 443. The van der Waals surface area contributed by atoms with Crippen molar-refractivity contribution in [1.82, 2.24) is 0 Å². The molecule has 0 saturated heterocycles. The lowest BCUT2D eigenvalue weighted by Crippen LogP contribution is -2.33. The number of aliphatic hydroxyl groups is 1. The SMILES string of the molecule is CC(CO)N(C)c1c(F)cc(C(N)=NO)cc1F. The molecule has 0 saturated carbocycles. The van der Waals surface area contributed by atoms with Crippen LogP contribution in [0.15, 0.2) is 17.3 Å². The maximum absolute atomic E-state index is 13.8. The number of nitrogens with zero attached hydrogens (tertiary/aromatic N) is 2. The molecular formula is C11H15F2N3O2. The fourth-order valence-electron chi connectivity index (χ4n) is 1.45. The van der Waals surface area contributed by atoms with Crippen molar-refractivity contribution in [2.45, 2.75) is 13.0 Å². The molecule has 0 aliphatic rings. The van der Waals surface area contributed by atoms with Crippen LogP contribution in [-0.2, 0) is 0 Å². The summed E-state index contributed by atoms with van der Waals surface area (Å²) >= 11 is 0. The Labute approximate surface area is 103 Å². The number of anilines is 1. The summed E-state index contributed by atoms with van der Waals surface area (Å²) in [4.78, 5) is 1.28. The lowest BCUT2D eigenvalue weighted by Gasteiger charge is -2.26. The van der Waals surface area contributed by atoms with Gasteiger partial charge in [-0.2, -0.15) is 0 Å². The predicted octanol–water partition coefficient (Wildman–Crippen LogP) is 0.876. The van der Waals surface area contributed by atoms with E-state index in [1.807, 2.05) is 0 Å². The first-order chi connectivity index (χ1) is 8.42. The molecule has 100 valence electrons. The molecule has 0 spiro atoms. The Hall–Kier alpha value is -1.89. The number of hydrogen-bond acceptors (Lipinski definition) is 4. The monoisotopic (exact) mass is 259 g/mol. The number of likely N-dealkylation sites (N-methyl/N-ethyl adjacent to an activating group) is 1. The van der Waals surface area contributed by atoms with Crippen LogP contribution in [0.1, 0.15) is 12.5 Å². The van der Waals surface area contributed by atoms with Gasteiger partial charge in [-0.1, -0.05) is 5.16 Å². The average Bonchev–Trinajstić information content (AvgIpc) is 2.35. The van der Waals surface area contributed by atoms with Gasteiger partial charge in [-0.25, -0.2) is 8.78 Å². The second-order valence-corrected chi connectivity index (χ2v) is 3.92. The molecule has 1 aromatic carbocycles. The zero-order valence-electron chi connectivity index (χ0n) is 10.1. The van der Waals surface area contributed by atoms with Crippen molar-refractivity contribution in [1.29, 1.82) is 0 Å². The topological polar surface area (TPSA) is 82.1 Å². The molecule has 0 heterocycles. The van der Waals surface area contributed by atoms with Crippen LogP contribution in [0.5, 0.6) is 0 Å². The number of oxime groups is 1. The van der Waals surface area contributed by atoms with Crippen LogP contribution in [0.2, 0.25) is 0 Å². The zero-order valence-corrected chi connectivity index (χ0v) is 10.1. The number of nitrogens with two attached hydrogens (primary N) is 1. The largest absolute Gasteiger partial charge is 0.409 e. The highest BCUT2D eigenvalue weighted by Crippen LogP contribution is 2.25. The van der Waals surface area contributed by atoms with Gasteiger partial charge in [0, 0.05) is 18.7 Å². The van der Waals surface area contributed by atoms with Crippen LogP contribution >= 0.6 is 0 Å². The molecule has 1 atom stereocenters. The Morgan fingerprint density at radius 1 is 1.44 bits per heavy atom. The van der Waals surface area contributed by atoms with Crippen LogP contribution in [0.4, 0.5) is 14.5 Å². The minimum Gasteiger partial charge on any atom is -0.409 e. The normalized spacial score (nSPS) is 13.5. The first kappa shape index (κ1) is 14.2. The molecule has 0 fully saturated rings. The van der Waals surface area contributed by atoms with E-state index in [0.29, 0.717) is 0 Å². The highest BCUT2D eigenvalue weighted by atomic mass is 19.1. The Morgan fingerprint density at radius 3 is 2.33 bits per heavy atom. The van der Waals surface area contributed by atoms with Crippen molar-refractivity contribution in [2.75, 3.05) is 18.6 Å². The van der Waals surface area contributed by atoms with Gasteiger partial charge in [0.1, 0.15) is 17.3 Å². The molecule has 0 amide bonds. The molecule has 5 nitrogen and oxygen atoms in total. The van der Waals surface area contributed by atoms with E-state index in [1.165, 1.54) is 11.9 Å². The highest BCUT2D eigenvalue weighted by Gasteiger charge is 2.19. The van der Waals surface area contributed by atoms with Crippen LogP contribution < -0.4 is 10.6 Å². The zero-order chi connectivity index (χ0) is 13.9. The lowest BCUT2D eigenvalue weighted by molar-refractivity contribution is 0.269. The van der Waals surface area contributed by atoms with Gasteiger partial charge in [-0.05, 0) is 19.1 Å². The van der Waals surface area contributed by atoms with E-state index in [1.54, 1.807) is 6.92 Å². The first-order valence-electron chi connectivity index (χ1n) is 5.23. The van der Waals surface area contributed by atoms with E-state index in [2.05, 4.69) is 5.16 Å². The molecule has 18 heavy (non-hydrogen) atoms. The third-order valence-electron chi connectivity index (χ3n) is 2.70. The summed E-state index contributed by atoms with van der Waals surface area (Å²) in [5.74, 6) is -2.07. The van der Waals surface area contributed by atoms with Crippen molar-refractivity contribution in [3.05, 3.63) is 29.3 Å². The van der Waals surface area contributed by atoms with Crippen molar-refractivity contribution in [3.63, 3.8) is 0 Å². The summed E-state index contributed by atoms with van der Waals surface area (Å²) in [6.45, 7) is 1.38. The van der Waals surface area contributed by atoms with E-state index in [9.17, 15) is 8.78 Å². The summed E-state index contributed by atoms with van der Waals surface area (Å²) in [6, 6.07) is 1.49. The summed E-state index contributed by atoms with van der Waals surface area (Å²) in [5, 5.41) is 20.1. The van der Waals surface area contributed by atoms with Crippen LogP contribution in [0.25, 0.3) is 0 Å². The summed E-state index contributed by atoms with van der Waals surface area (Å²) < 4.78 is 27.6. The van der Waals surface area contributed by atoms with Gasteiger partial charge >= 0.3 is 0 Å². The molecular weight excluding hydrogens is 244 g/mol. The number of benzene rings is 1. The van der Waals surface area contributed by atoms with Gasteiger partial charge in [-0.3, -0.25) is 0 Å². The van der Waals surface area contributed by atoms with Crippen molar-refractivity contribution < 1.29 is 19.1 Å². The molecule has 7 heteroatoms. The summed E-state index contributed by atoms with van der Waals surface area (Å²) in [7, 11) is 1.46. The van der Waals surface area contributed by atoms with Gasteiger partial charge in [0.2, 0.25) is 0 Å². The molecule has 1 unspecified atom stereocenters. The predicted molar refractivity (Wildman–Crippen MR) is 63.8 cm³/mol. The van der Waals surface area contributed by atoms with Crippen LogP contribution in [0.3, 0.4) is 0 Å². The average molecular weight is 259 g/mol. The Kier molecular flexibility index (Phi) is 4.43. The molecule has 0 aliphatic carbocycles. The van der Waals surface area contributed by atoms with E-state index < -0.39 is 17.7 Å². The molecule has 0 bridgehead atoms. The molecule has 1 aromatic rings. The number of hydrogen-bond donors (Lipinski definition) is 3. The highest BCUT2D eigenvalue weighted by molar-refractivity contribution is 5.97. The second kappa shape index (κ2) is 5.63. The fraction of sp³-hybridized carbons (Fsp3) is 0.364. The van der Waals surface area contributed by atoms with Crippen molar-refractivity contribution in [3.8, 4) is 0 Å². The summed E-state index contributed by atoms with van der Waals surface area (Å²) in [5.41, 5.74) is 4.93. The van der Waals surface area contributed by atoms with E-state index in [0.717, 1.165) is 12.1 Å². The maximum atomic E-state index is 13.8. The maximum Gasteiger partial charge on any atom is 0.170 e. The van der Waals surface area contributed by atoms with Crippen molar-refractivity contribution >= 4 is 11.5 Å². The number of rotatable bonds is 4. The fourth-order valence-corrected chi connectivity index (χ4v) is 1.45. The number of amidine groups is 1. The third-order valence-corrected chi connectivity index (χ3v) is 2.70. The smallest absolute Gasteiger partial charge is 0.170 e. The quantitative estimate of drug-likeness (QED) is 0.324. The molecule has 0 aromatic heterocycles. The van der Waals surface area contributed by atoms with Gasteiger partial charge in [0.05, 0.1) is 6.61 Å². The Balaban J connectivity index is 3.24. The van der Waals surface area contributed by atoms with Crippen LogP contribution in [0, 0.1) is 11.6 Å². The van der Waals surface area contributed by atoms with Gasteiger partial charge in [0.15, 0.2) is 5.84 Å².